The summed E-state index contributed by atoms with van der Waals surface area (Å²) < 4.78 is 27.2. The maximum Gasteiger partial charge on any atom is 0.227 e. The van der Waals surface area contributed by atoms with E-state index in [2.05, 4.69) is 13.2 Å². The first-order valence-electron chi connectivity index (χ1n) is 10.0. The third kappa shape index (κ3) is 10.9. The summed E-state index contributed by atoms with van der Waals surface area (Å²) in [6.45, 7) is 15.2. The number of likely N-dealkylation sites (tertiary alicyclic amines) is 1. The molecular formula is C24H35F2NO3. The number of carbonyl (C=O) groups is 1. The molecule has 1 aromatic carbocycles. The van der Waals surface area contributed by atoms with Gasteiger partial charge in [-0.3, -0.25) is 4.79 Å². The number of benzene rings is 1. The fourth-order valence-corrected chi connectivity index (χ4v) is 2.93. The molecule has 1 amide bonds. The maximum absolute atomic E-state index is 13.6. The van der Waals surface area contributed by atoms with E-state index in [4.69, 9.17) is 5.11 Å². The van der Waals surface area contributed by atoms with Gasteiger partial charge in [0, 0.05) is 24.8 Å². The van der Waals surface area contributed by atoms with Gasteiger partial charge in [-0.1, -0.05) is 24.3 Å². The lowest BCUT2D eigenvalue weighted by atomic mass is 9.89. The molecule has 0 aliphatic carbocycles. The number of hydrogen-bond acceptors (Lipinski definition) is 3. The van der Waals surface area contributed by atoms with Crippen molar-refractivity contribution in [2.75, 3.05) is 13.1 Å². The molecule has 1 aromatic rings. The fourth-order valence-electron chi connectivity index (χ4n) is 2.93. The van der Waals surface area contributed by atoms with Crippen molar-refractivity contribution in [1.29, 1.82) is 0 Å². The predicted octanol–water partition coefficient (Wildman–Crippen LogP) is 5.34. The molecule has 1 heterocycles. The Morgan fingerprint density at radius 3 is 2.10 bits per heavy atom. The normalized spacial score (nSPS) is 14.3. The second-order valence-corrected chi connectivity index (χ2v) is 7.41. The van der Waals surface area contributed by atoms with Crippen molar-refractivity contribution in [3.63, 3.8) is 0 Å². The van der Waals surface area contributed by atoms with E-state index in [9.17, 15) is 18.7 Å². The number of amides is 1. The minimum absolute atomic E-state index is 0.0241. The zero-order valence-corrected chi connectivity index (χ0v) is 18.5. The number of nitrogens with zero attached hydrogens (tertiary/aromatic N) is 1. The van der Waals surface area contributed by atoms with Gasteiger partial charge >= 0.3 is 0 Å². The molecule has 30 heavy (non-hydrogen) atoms. The maximum atomic E-state index is 13.6. The van der Waals surface area contributed by atoms with Gasteiger partial charge in [-0.2, -0.15) is 0 Å². The minimum Gasteiger partial charge on any atom is -0.509 e. The molecule has 1 fully saturated rings. The zero-order valence-electron chi connectivity index (χ0n) is 18.5. The number of allylic oxidation sites excluding steroid dienone is 3. The molecule has 4 nitrogen and oxygen atoms in total. The Morgan fingerprint density at radius 2 is 1.70 bits per heavy atom. The summed E-state index contributed by atoms with van der Waals surface area (Å²) in [5.41, 5.74) is 0.858. The number of aliphatic hydroxyl groups excluding tert-OH is 2. The molecule has 0 spiro atoms. The van der Waals surface area contributed by atoms with Crippen LogP contribution >= 0.6 is 0 Å². The van der Waals surface area contributed by atoms with Gasteiger partial charge in [0.1, 0.15) is 17.4 Å². The lowest BCUT2D eigenvalue weighted by molar-refractivity contribution is -0.131. The number of aliphatic hydroxyl groups is 2. The SMILES string of the molecule is C=C(O)/C=C(\C)C1CCN(C(=O)Cc2c(F)cccc2F)CC1.C=CC.CC(C)O. The molecule has 0 unspecified atom stereocenters. The average Bonchev–Trinajstić information content (AvgIpc) is 2.64. The summed E-state index contributed by atoms with van der Waals surface area (Å²) in [4.78, 5) is 13.9. The monoisotopic (exact) mass is 423 g/mol. The van der Waals surface area contributed by atoms with Crippen LogP contribution in [0.2, 0.25) is 0 Å². The molecule has 1 saturated heterocycles. The smallest absolute Gasteiger partial charge is 0.227 e. The lowest BCUT2D eigenvalue weighted by Crippen LogP contribution is -2.39. The van der Waals surface area contributed by atoms with Crippen LogP contribution in [0, 0.1) is 17.6 Å². The van der Waals surface area contributed by atoms with E-state index in [-0.39, 0.29) is 35.7 Å². The summed E-state index contributed by atoms with van der Waals surface area (Å²) in [5, 5.41) is 17.3. The Kier molecular flexibility index (Phi) is 13.3. The second-order valence-electron chi connectivity index (χ2n) is 7.41. The van der Waals surface area contributed by atoms with Crippen LogP contribution in [0.25, 0.3) is 0 Å². The first-order valence-corrected chi connectivity index (χ1v) is 10.0. The van der Waals surface area contributed by atoms with Crippen LogP contribution < -0.4 is 0 Å². The van der Waals surface area contributed by atoms with Gasteiger partial charge in [0.05, 0.1) is 6.42 Å². The van der Waals surface area contributed by atoms with E-state index in [1.807, 2.05) is 13.8 Å². The fraction of sp³-hybridized carbons (Fsp3) is 0.458. The van der Waals surface area contributed by atoms with Gasteiger partial charge < -0.3 is 15.1 Å². The topological polar surface area (TPSA) is 60.8 Å². The average molecular weight is 424 g/mol. The molecule has 0 atom stereocenters. The molecule has 2 rings (SSSR count). The van der Waals surface area contributed by atoms with E-state index in [0.29, 0.717) is 13.1 Å². The number of rotatable bonds is 4. The van der Waals surface area contributed by atoms with Gasteiger partial charge in [-0.15, -0.1) is 6.58 Å². The van der Waals surface area contributed by atoms with Crippen molar-refractivity contribution in [1.82, 2.24) is 4.90 Å². The van der Waals surface area contributed by atoms with Crippen LogP contribution in [0.15, 0.2) is 54.8 Å². The predicted molar refractivity (Wildman–Crippen MR) is 118 cm³/mol. The Bertz CT molecular complexity index is 698. The zero-order chi connectivity index (χ0) is 23.3. The van der Waals surface area contributed by atoms with Crippen LogP contribution in [0.5, 0.6) is 0 Å². The number of halogens is 2. The highest BCUT2D eigenvalue weighted by atomic mass is 19.1. The van der Waals surface area contributed by atoms with Crippen LogP contribution in [0.1, 0.15) is 46.1 Å². The molecule has 0 saturated carbocycles. The standard InChI is InChI=1S/C18H21F2NO2.C3H8O.C3H6/c1-12(10-13(2)22)14-6-8-21(9-7-14)18(23)11-15-16(19)4-3-5-17(15)20;1-3(2)4;1-3-2/h3-5,10,14,22H,2,6-9,11H2,1H3;3-4H,1-2H3;3H,1H2,2H3/b12-10+;;. The van der Waals surface area contributed by atoms with E-state index in [1.54, 1.807) is 30.9 Å². The first-order chi connectivity index (χ1) is 14.0. The van der Waals surface area contributed by atoms with Crippen LogP contribution in [0.4, 0.5) is 8.78 Å². The molecule has 6 heteroatoms. The van der Waals surface area contributed by atoms with Gasteiger partial charge in [-0.25, -0.2) is 8.78 Å². The second kappa shape index (κ2) is 14.5. The van der Waals surface area contributed by atoms with Crippen molar-refractivity contribution in [2.45, 2.75) is 53.1 Å². The molecule has 0 radical (unpaired) electrons. The summed E-state index contributed by atoms with van der Waals surface area (Å²) in [5.74, 6) is -1.33. The summed E-state index contributed by atoms with van der Waals surface area (Å²) >= 11 is 0. The van der Waals surface area contributed by atoms with Gasteiger partial charge in [0.15, 0.2) is 0 Å². The van der Waals surface area contributed by atoms with Crippen molar-refractivity contribution in [3.05, 3.63) is 72.0 Å². The van der Waals surface area contributed by atoms with Crippen molar-refractivity contribution >= 4 is 5.91 Å². The minimum atomic E-state index is -0.687. The van der Waals surface area contributed by atoms with Gasteiger partial charge in [0.2, 0.25) is 5.91 Å². The summed E-state index contributed by atoms with van der Waals surface area (Å²) in [6, 6.07) is 3.61. The largest absolute Gasteiger partial charge is 0.509 e. The third-order valence-corrected chi connectivity index (χ3v) is 4.28. The Labute approximate surface area is 179 Å². The number of piperidine rings is 1. The van der Waals surface area contributed by atoms with Gasteiger partial charge in [-0.05, 0) is 64.7 Å². The first kappa shape index (κ1) is 27.5. The lowest BCUT2D eigenvalue weighted by Gasteiger charge is -2.32. The van der Waals surface area contributed by atoms with Crippen LogP contribution in [-0.4, -0.2) is 40.2 Å². The van der Waals surface area contributed by atoms with E-state index in [0.717, 1.165) is 30.5 Å². The highest BCUT2D eigenvalue weighted by Gasteiger charge is 2.25. The Hall–Kier alpha value is -2.47. The summed E-state index contributed by atoms with van der Waals surface area (Å²) in [6.07, 6.45) is 4.49. The molecule has 168 valence electrons. The Balaban J connectivity index is 0.00000105. The molecule has 0 bridgehead atoms. The third-order valence-electron chi connectivity index (χ3n) is 4.28. The highest BCUT2D eigenvalue weighted by Crippen LogP contribution is 2.25. The summed E-state index contributed by atoms with van der Waals surface area (Å²) in [7, 11) is 0. The number of hydrogen-bond donors (Lipinski definition) is 2. The van der Waals surface area contributed by atoms with Crippen molar-refractivity contribution < 1.29 is 23.8 Å². The van der Waals surface area contributed by atoms with E-state index >= 15 is 0 Å². The molecule has 0 aromatic heterocycles. The van der Waals surface area contributed by atoms with E-state index in [1.165, 1.54) is 6.07 Å². The van der Waals surface area contributed by atoms with E-state index < -0.39 is 11.6 Å². The van der Waals surface area contributed by atoms with Gasteiger partial charge in [0.25, 0.3) is 0 Å². The molecule has 1 aliphatic rings. The molecule has 1 aliphatic heterocycles. The quantitative estimate of drug-likeness (QED) is 0.390. The van der Waals surface area contributed by atoms with Crippen LogP contribution in [0.3, 0.4) is 0 Å². The van der Waals surface area contributed by atoms with Crippen molar-refractivity contribution in [2.24, 2.45) is 5.92 Å². The molecule has 2 N–H and O–H groups in total. The number of carbonyl (C=O) groups excluding carboxylic acids is 1. The molecular weight excluding hydrogens is 388 g/mol. The highest BCUT2D eigenvalue weighted by molar-refractivity contribution is 5.79. The van der Waals surface area contributed by atoms with Crippen molar-refractivity contribution in [3.8, 4) is 0 Å². The van der Waals surface area contributed by atoms with Crippen LogP contribution in [-0.2, 0) is 11.2 Å². The Morgan fingerprint density at radius 1 is 1.27 bits per heavy atom.